The predicted molar refractivity (Wildman–Crippen MR) is 65.1 cm³/mol. The van der Waals surface area contributed by atoms with E-state index in [1.54, 1.807) is 30.0 Å². The van der Waals surface area contributed by atoms with E-state index >= 15 is 0 Å². The molecule has 84 valence electrons. The van der Waals surface area contributed by atoms with Crippen molar-refractivity contribution in [1.82, 2.24) is 0 Å². The van der Waals surface area contributed by atoms with Gasteiger partial charge in [-0.25, -0.2) is 0 Å². The molecular formula is C10H15NO2S2. The van der Waals surface area contributed by atoms with Gasteiger partial charge in [-0.15, -0.1) is 0 Å². The van der Waals surface area contributed by atoms with Crippen LogP contribution in [0.25, 0.3) is 0 Å². The molecule has 1 heterocycles. The van der Waals surface area contributed by atoms with Gasteiger partial charge in [-0.2, -0.15) is 23.1 Å². The third-order valence-electron chi connectivity index (χ3n) is 1.74. The molecule has 5 heteroatoms. The van der Waals surface area contributed by atoms with Gasteiger partial charge in [0, 0.05) is 11.5 Å². The summed E-state index contributed by atoms with van der Waals surface area (Å²) in [6.07, 6.45) is 0. The van der Waals surface area contributed by atoms with Crippen LogP contribution in [0.2, 0.25) is 0 Å². The Labute approximate surface area is 98.0 Å². The van der Waals surface area contributed by atoms with Gasteiger partial charge in [-0.1, -0.05) is 0 Å². The van der Waals surface area contributed by atoms with E-state index in [1.165, 1.54) is 5.56 Å². The summed E-state index contributed by atoms with van der Waals surface area (Å²) in [5.41, 5.74) is 6.93. The number of hydrogen-bond donors (Lipinski definition) is 1. The monoisotopic (exact) mass is 245 g/mol. The molecule has 1 aromatic heterocycles. The molecule has 3 nitrogen and oxygen atoms in total. The molecule has 1 rings (SSSR count). The lowest BCUT2D eigenvalue weighted by Crippen LogP contribution is -2.34. The van der Waals surface area contributed by atoms with Crippen LogP contribution in [0, 0.1) is 0 Å². The SMILES string of the molecule is CCOC(=O)C(N)CSCc1ccsc1. The van der Waals surface area contributed by atoms with Crippen LogP contribution in [-0.2, 0) is 15.3 Å². The minimum absolute atomic E-state index is 0.310. The Morgan fingerprint density at radius 2 is 2.53 bits per heavy atom. The van der Waals surface area contributed by atoms with Crippen LogP contribution in [0.15, 0.2) is 16.8 Å². The average Bonchev–Trinajstić information content (AvgIpc) is 2.71. The van der Waals surface area contributed by atoms with E-state index in [-0.39, 0.29) is 5.97 Å². The lowest BCUT2D eigenvalue weighted by molar-refractivity contribution is -0.144. The zero-order chi connectivity index (χ0) is 11.1. The van der Waals surface area contributed by atoms with Crippen LogP contribution in [-0.4, -0.2) is 24.4 Å². The molecular weight excluding hydrogens is 230 g/mol. The highest BCUT2D eigenvalue weighted by Crippen LogP contribution is 2.15. The molecule has 0 aliphatic heterocycles. The molecule has 0 aromatic carbocycles. The molecule has 0 amide bonds. The summed E-state index contributed by atoms with van der Waals surface area (Å²) >= 11 is 3.33. The van der Waals surface area contributed by atoms with E-state index in [0.29, 0.717) is 12.4 Å². The molecule has 0 fully saturated rings. The van der Waals surface area contributed by atoms with Gasteiger partial charge in [-0.05, 0) is 29.3 Å². The number of hydrogen-bond acceptors (Lipinski definition) is 5. The lowest BCUT2D eigenvalue weighted by Gasteiger charge is -2.09. The Kier molecular flexibility index (Phi) is 5.75. The van der Waals surface area contributed by atoms with Gasteiger partial charge in [0.2, 0.25) is 0 Å². The highest BCUT2D eigenvalue weighted by Gasteiger charge is 2.13. The van der Waals surface area contributed by atoms with E-state index in [2.05, 4.69) is 11.4 Å². The van der Waals surface area contributed by atoms with Gasteiger partial charge in [0.1, 0.15) is 6.04 Å². The Balaban J connectivity index is 2.17. The second-order valence-corrected chi connectivity index (χ2v) is 4.82. The first-order valence-electron chi connectivity index (χ1n) is 4.75. The molecule has 15 heavy (non-hydrogen) atoms. The lowest BCUT2D eigenvalue weighted by atomic mass is 10.4. The van der Waals surface area contributed by atoms with Crippen molar-refractivity contribution >= 4 is 29.1 Å². The number of nitrogens with two attached hydrogens (primary N) is 1. The normalized spacial score (nSPS) is 12.4. The number of carbonyl (C=O) groups excluding carboxylic acids is 1. The van der Waals surface area contributed by atoms with Gasteiger partial charge in [0.05, 0.1) is 6.61 Å². The van der Waals surface area contributed by atoms with E-state index in [4.69, 9.17) is 10.5 Å². The minimum atomic E-state index is -0.506. The molecule has 0 spiro atoms. The molecule has 1 atom stereocenters. The number of rotatable bonds is 6. The van der Waals surface area contributed by atoms with Gasteiger partial charge in [0.15, 0.2) is 0 Å². The Morgan fingerprint density at radius 3 is 3.13 bits per heavy atom. The van der Waals surface area contributed by atoms with Crippen molar-refractivity contribution in [2.24, 2.45) is 5.73 Å². The molecule has 0 aliphatic rings. The third kappa shape index (κ3) is 4.68. The van der Waals surface area contributed by atoms with Crippen molar-refractivity contribution in [3.8, 4) is 0 Å². The fourth-order valence-electron chi connectivity index (χ4n) is 0.996. The first-order chi connectivity index (χ1) is 7.24. The second-order valence-electron chi connectivity index (χ2n) is 3.01. The number of esters is 1. The van der Waals surface area contributed by atoms with E-state index in [0.717, 1.165) is 5.75 Å². The van der Waals surface area contributed by atoms with Crippen LogP contribution in [0.5, 0.6) is 0 Å². The molecule has 1 unspecified atom stereocenters. The Bertz CT molecular complexity index is 288. The molecule has 0 aliphatic carbocycles. The maximum atomic E-state index is 11.2. The standard InChI is InChI=1S/C10H15NO2S2/c1-2-13-10(12)9(11)7-15-6-8-3-4-14-5-8/h3-5,9H,2,6-7,11H2,1H3. The highest BCUT2D eigenvalue weighted by molar-refractivity contribution is 7.98. The van der Waals surface area contributed by atoms with Crippen molar-refractivity contribution in [3.63, 3.8) is 0 Å². The topological polar surface area (TPSA) is 52.3 Å². The Hall–Kier alpha value is -0.520. The van der Waals surface area contributed by atoms with Crippen molar-refractivity contribution in [3.05, 3.63) is 22.4 Å². The summed E-state index contributed by atoms with van der Waals surface area (Å²) in [6.45, 7) is 2.17. The number of thiophene rings is 1. The quantitative estimate of drug-likeness (QED) is 0.777. The van der Waals surface area contributed by atoms with Crippen LogP contribution >= 0.6 is 23.1 Å². The summed E-state index contributed by atoms with van der Waals surface area (Å²) in [6, 6.07) is 1.57. The van der Waals surface area contributed by atoms with Crippen LogP contribution in [0.4, 0.5) is 0 Å². The molecule has 2 N–H and O–H groups in total. The maximum Gasteiger partial charge on any atom is 0.323 e. The second kappa shape index (κ2) is 6.87. The molecule has 0 radical (unpaired) electrons. The van der Waals surface area contributed by atoms with Crippen LogP contribution in [0.1, 0.15) is 12.5 Å². The van der Waals surface area contributed by atoms with Crippen molar-refractivity contribution in [2.75, 3.05) is 12.4 Å². The summed E-state index contributed by atoms with van der Waals surface area (Å²) in [4.78, 5) is 11.2. The molecule has 0 saturated carbocycles. The van der Waals surface area contributed by atoms with Crippen LogP contribution in [0.3, 0.4) is 0 Å². The van der Waals surface area contributed by atoms with E-state index in [9.17, 15) is 4.79 Å². The van der Waals surface area contributed by atoms with Gasteiger partial charge in [-0.3, -0.25) is 4.79 Å². The number of thioether (sulfide) groups is 1. The van der Waals surface area contributed by atoms with Gasteiger partial charge >= 0.3 is 5.97 Å². The predicted octanol–water partition coefficient (Wildman–Crippen LogP) is 1.87. The third-order valence-corrected chi connectivity index (χ3v) is 3.60. The van der Waals surface area contributed by atoms with Gasteiger partial charge in [0.25, 0.3) is 0 Å². The fourth-order valence-corrected chi connectivity index (χ4v) is 2.69. The van der Waals surface area contributed by atoms with Crippen molar-refractivity contribution in [1.29, 1.82) is 0 Å². The smallest absolute Gasteiger partial charge is 0.323 e. The van der Waals surface area contributed by atoms with E-state index < -0.39 is 6.04 Å². The largest absolute Gasteiger partial charge is 0.465 e. The summed E-state index contributed by atoms with van der Waals surface area (Å²) in [7, 11) is 0. The van der Waals surface area contributed by atoms with Crippen molar-refractivity contribution < 1.29 is 9.53 Å². The van der Waals surface area contributed by atoms with Crippen molar-refractivity contribution in [2.45, 2.75) is 18.7 Å². The first kappa shape index (κ1) is 12.5. The zero-order valence-electron chi connectivity index (χ0n) is 8.64. The average molecular weight is 245 g/mol. The molecule has 0 saturated heterocycles. The first-order valence-corrected chi connectivity index (χ1v) is 6.84. The Morgan fingerprint density at radius 1 is 1.73 bits per heavy atom. The number of ether oxygens (including phenoxy) is 1. The fraction of sp³-hybridized carbons (Fsp3) is 0.500. The summed E-state index contributed by atoms with van der Waals surface area (Å²) < 4.78 is 4.82. The van der Waals surface area contributed by atoms with Gasteiger partial charge < -0.3 is 10.5 Å². The highest BCUT2D eigenvalue weighted by atomic mass is 32.2. The number of carbonyl (C=O) groups is 1. The van der Waals surface area contributed by atoms with Crippen LogP contribution < -0.4 is 5.73 Å². The maximum absolute atomic E-state index is 11.2. The van der Waals surface area contributed by atoms with E-state index in [1.807, 2.05) is 5.38 Å². The molecule has 0 bridgehead atoms. The molecule has 1 aromatic rings. The summed E-state index contributed by atoms with van der Waals surface area (Å²) in [5.74, 6) is 1.20. The minimum Gasteiger partial charge on any atom is -0.465 e. The zero-order valence-corrected chi connectivity index (χ0v) is 10.3. The summed E-state index contributed by atoms with van der Waals surface area (Å²) in [5, 5.41) is 4.14.